The van der Waals surface area contributed by atoms with Crippen molar-refractivity contribution in [2.45, 2.75) is 27.2 Å². The zero-order chi connectivity index (χ0) is 22.1. The fourth-order valence-corrected chi connectivity index (χ4v) is 3.58. The van der Waals surface area contributed by atoms with Gasteiger partial charge in [-0.1, -0.05) is 39.0 Å². The van der Waals surface area contributed by atoms with Gasteiger partial charge in [0.25, 0.3) is 5.91 Å². The van der Waals surface area contributed by atoms with Crippen LogP contribution in [-0.2, 0) is 21.2 Å². The maximum Gasteiger partial charge on any atom is 0.260 e. The quantitative estimate of drug-likeness (QED) is 0.462. The van der Waals surface area contributed by atoms with Crippen LogP contribution in [0, 0.1) is 5.92 Å². The van der Waals surface area contributed by atoms with E-state index in [-0.39, 0.29) is 6.54 Å². The molecular weight excluding hydrogens is 402 g/mol. The summed E-state index contributed by atoms with van der Waals surface area (Å²) in [6, 6.07) is 14.4. The number of hydrogen-bond acceptors (Lipinski definition) is 5. The number of nitrogens with zero attached hydrogens (tertiary/aromatic N) is 2. The average Bonchev–Trinajstić information content (AvgIpc) is 2.70. The van der Waals surface area contributed by atoms with E-state index in [4.69, 9.17) is 4.74 Å². The molecule has 1 amide bonds. The Labute approximate surface area is 178 Å². The summed E-state index contributed by atoms with van der Waals surface area (Å²) in [5.41, 5.74) is 4.51. The highest BCUT2D eigenvalue weighted by Gasteiger charge is 2.22. The van der Waals surface area contributed by atoms with Gasteiger partial charge in [-0.25, -0.2) is 13.8 Å². The number of carbonyl (C=O) groups excluding carboxylic acids is 1. The molecule has 0 fully saturated rings. The number of rotatable bonds is 10. The molecule has 8 heteroatoms. The van der Waals surface area contributed by atoms with E-state index in [0.717, 1.165) is 27.4 Å². The van der Waals surface area contributed by atoms with Crippen LogP contribution < -0.4 is 14.5 Å². The van der Waals surface area contributed by atoms with Crippen molar-refractivity contribution in [3.63, 3.8) is 0 Å². The van der Waals surface area contributed by atoms with E-state index in [9.17, 15) is 13.2 Å². The summed E-state index contributed by atoms with van der Waals surface area (Å²) in [4.78, 5) is 12.3. The van der Waals surface area contributed by atoms with E-state index in [1.165, 1.54) is 6.21 Å². The lowest BCUT2D eigenvalue weighted by atomic mass is 10.1. The summed E-state index contributed by atoms with van der Waals surface area (Å²) < 4.78 is 31.2. The summed E-state index contributed by atoms with van der Waals surface area (Å²) in [5, 5.41) is 3.93. The van der Waals surface area contributed by atoms with Crippen molar-refractivity contribution in [1.82, 2.24) is 5.43 Å². The molecule has 7 nitrogen and oxygen atoms in total. The lowest BCUT2D eigenvalue weighted by Crippen LogP contribution is -2.39. The molecule has 0 saturated heterocycles. The summed E-state index contributed by atoms with van der Waals surface area (Å²) in [5.74, 6) is 0.681. The maximum atomic E-state index is 12.3. The van der Waals surface area contributed by atoms with Crippen LogP contribution in [0.1, 0.15) is 31.9 Å². The first-order valence-electron chi connectivity index (χ1n) is 9.81. The van der Waals surface area contributed by atoms with Gasteiger partial charge in [0.15, 0.2) is 0 Å². The van der Waals surface area contributed by atoms with E-state index in [2.05, 4.69) is 24.4 Å². The number of para-hydroxylation sites is 1. The Morgan fingerprint density at radius 2 is 1.83 bits per heavy atom. The van der Waals surface area contributed by atoms with Gasteiger partial charge in [-0.2, -0.15) is 5.10 Å². The third-order valence-electron chi connectivity index (χ3n) is 4.20. The van der Waals surface area contributed by atoms with Crippen LogP contribution in [0.4, 0.5) is 5.69 Å². The normalized spacial score (nSPS) is 11.6. The zero-order valence-electron chi connectivity index (χ0n) is 17.8. The topological polar surface area (TPSA) is 88.1 Å². The smallest absolute Gasteiger partial charge is 0.260 e. The summed E-state index contributed by atoms with van der Waals surface area (Å²) >= 11 is 0. The zero-order valence-corrected chi connectivity index (χ0v) is 18.6. The molecular formula is C22H29N3O4S. The maximum absolute atomic E-state index is 12.3. The lowest BCUT2D eigenvalue weighted by molar-refractivity contribution is -0.119. The van der Waals surface area contributed by atoms with Crippen molar-refractivity contribution in [2.24, 2.45) is 11.0 Å². The van der Waals surface area contributed by atoms with E-state index < -0.39 is 15.9 Å². The average molecular weight is 432 g/mol. The molecule has 30 heavy (non-hydrogen) atoms. The number of sulfonamides is 1. The molecule has 0 radical (unpaired) electrons. The second kappa shape index (κ2) is 10.8. The number of ether oxygens (including phenoxy) is 1. The SMILES string of the molecule is CCc1ccccc1N(CC(=O)N/N=C\c1ccc(OCC(C)C)cc1)S(C)(=O)=O. The lowest BCUT2D eigenvalue weighted by Gasteiger charge is -2.23. The number of carbonyl (C=O) groups is 1. The first kappa shape index (κ1) is 23.4. The highest BCUT2D eigenvalue weighted by Crippen LogP contribution is 2.23. The Morgan fingerprint density at radius 1 is 1.17 bits per heavy atom. The predicted molar refractivity (Wildman–Crippen MR) is 121 cm³/mol. The largest absolute Gasteiger partial charge is 0.493 e. The first-order valence-corrected chi connectivity index (χ1v) is 11.7. The van der Waals surface area contributed by atoms with Gasteiger partial charge < -0.3 is 4.74 Å². The summed E-state index contributed by atoms with van der Waals surface area (Å²) in [7, 11) is -3.63. The van der Waals surface area contributed by atoms with Gasteiger partial charge in [-0.15, -0.1) is 0 Å². The minimum absolute atomic E-state index is 0.352. The van der Waals surface area contributed by atoms with Crippen LogP contribution in [-0.4, -0.2) is 39.9 Å². The molecule has 162 valence electrons. The highest BCUT2D eigenvalue weighted by atomic mass is 32.2. The van der Waals surface area contributed by atoms with E-state index >= 15 is 0 Å². The van der Waals surface area contributed by atoms with E-state index in [1.807, 2.05) is 43.3 Å². The van der Waals surface area contributed by atoms with Crippen molar-refractivity contribution >= 4 is 27.8 Å². The summed E-state index contributed by atoms with van der Waals surface area (Å²) in [6.45, 7) is 6.38. The Morgan fingerprint density at radius 3 is 2.43 bits per heavy atom. The van der Waals surface area contributed by atoms with Gasteiger partial charge in [0.1, 0.15) is 12.3 Å². The molecule has 0 aliphatic carbocycles. The van der Waals surface area contributed by atoms with Gasteiger partial charge in [0.2, 0.25) is 10.0 Å². The van der Waals surface area contributed by atoms with Gasteiger partial charge in [-0.3, -0.25) is 9.10 Å². The monoisotopic (exact) mass is 431 g/mol. The fraction of sp³-hybridized carbons (Fsp3) is 0.364. The molecule has 0 heterocycles. The Hall–Kier alpha value is -2.87. The number of amides is 1. The van der Waals surface area contributed by atoms with Crippen LogP contribution >= 0.6 is 0 Å². The number of nitrogens with one attached hydrogen (secondary N) is 1. The Bertz CT molecular complexity index is 970. The molecule has 0 saturated carbocycles. The van der Waals surface area contributed by atoms with E-state index in [1.54, 1.807) is 12.1 Å². The second-order valence-electron chi connectivity index (χ2n) is 7.32. The summed E-state index contributed by atoms with van der Waals surface area (Å²) in [6.07, 6.45) is 3.23. The molecule has 2 rings (SSSR count). The Kier molecular flexibility index (Phi) is 8.41. The molecule has 0 aliphatic heterocycles. The molecule has 0 unspecified atom stereocenters. The van der Waals surface area contributed by atoms with Crippen molar-refractivity contribution < 1.29 is 17.9 Å². The van der Waals surface area contributed by atoms with Crippen LogP contribution in [0.25, 0.3) is 0 Å². The molecule has 0 aromatic heterocycles. The van der Waals surface area contributed by atoms with Gasteiger partial charge in [0, 0.05) is 0 Å². The highest BCUT2D eigenvalue weighted by molar-refractivity contribution is 7.92. The van der Waals surface area contributed by atoms with Crippen LogP contribution in [0.2, 0.25) is 0 Å². The first-order chi connectivity index (χ1) is 14.2. The predicted octanol–water partition coefficient (Wildman–Crippen LogP) is 3.20. The molecule has 0 bridgehead atoms. The molecule has 0 spiro atoms. The molecule has 2 aromatic carbocycles. The number of hydrogen-bond donors (Lipinski definition) is 1. The van der Waals surface area contributed by atoms with Crippen molar-refractivity contribution in [2.75, 3.05) is 23.7 Å². The molecule has 0 atom stereocenters. The van der Waals surface area contributed by atoms with Crippen LogP contribution in [0.15, 0.2) is 53.6 Å². The van der Waals surface area contributed by atoms with Gasteiger partial charge in [-0.05, 0) is 53.8 Å². The molecule has 1 N–H and O–H groups in total. The minimum Gasteiger partial charge on any atom is -0.493 e. The molecule has 0 aliphatic rings. The van der Waals surface area contributed by atoms with Crippen LogP contribution in [0.5, 0.6) is 5.75 Å². The second-order valence-corrected chi connectivity index (χ2v) is 9.23. The third-order valence-corrected chi connectivity index (χ3v) is 5.32. The Balaban J connectivity index is 2.01. The minimum atomic E-state index is -3.63. The standard InChI is InChI=1S/C22H29N3O4S/c1-5-19-8-6-7-9-21(19)25(30(4,27)28)15-22(26)24-23-14-18-10-12-20(13-11-18)29-16-17(2)3/h6-14,17H,5,15-16H2,1-4H3,(H,24,26)/b23-14-. The van der Waals surface area contributed by atoms with Gasteiger partial charge in [0.05, 0.1) is 24.8 Å². The number of aryl methyl sites for hydroxylation is 1. The fourth-order valence-electron chi connectivity index (χ4n) is 2.69. The van der Waals surface area contributed by atoms with Crippen molar-refractivity contribution in [3.8, 4) is 5.75 Å². The van der Waals surface area contributed by atoms with E-state index in [0.29, 0.717) is 24.6 Å². The van der Waals surface area contributed by atoms with Crippen molar-refractivity contribution in [3.05, 3.63) is 59.7 Å². The van der Waals surface area contributed by atoms with Gasteiger partial charge >= 0.3 is 0 Å². The van der Waals surface area contributed by atoms with Crippen LogP contribution in [0.3, 0.4) is 0 Å². The van der Waals surface area contributed by atoms with Crippen molar-refractivity contribution in [1.29, 1.82) is 0 Å². The number of benzene rings is 2. The number of anilines is 1. The number of hydrazone groups is 1. The third kappa shape index (κ3) is 7.18. The molecule has 2 aromatic rings.